The second-order valence-corrected chi connectivity index (χ2v) is 6.89. The number of benzene rings is 2. The van der Waals surface area contributed by atoms with E-state index in [1.54, 1.807) is 6.07 Å². The first kappa shape index (κ1) is 18.6. The van der Waals surface area contributed by atoms with E-state index < -0.39 is 0 Å². The smallest absolute Gasteiger partial charge is 0.165 e. The Balaban J connectivity index is 2.13. The highest BCUT2D eigenvalue weighted by Crippen LogP contribution is 2.36. The van der Waals surface area contributed by atoms with Crippen molar-refractivity contribution in [3.8, 4) is 28.1 Å². The molecule has 3 rings (SSSR count). The third-order valence-corrected chi connectivity index (χ3v) is 5.49. The van der Waals surface area contributed by atoms with Gasteiger partial charge < -0.3 is 4.74 Å². The van der Waals surface area contributed by atoms with Crippen molar-refractivity contribution in [3.05, 3.63) is 58.2 Å². The third-order valence-electron chi connectivity index (χ3n) is 4.86. The van der Waals surface area contributed by atoms with Crippen LogP contribution in [0.4, 0.5) is 4.39 Å². The first-order valence-electron chi connectivity index (χ1n) is 9.06. The summed E-state index contributed by atoms with van der Waals surface area (Å²) in [6, 6.07) is 9.57. The van der Waals surface area contributed by atoms with Crippen LogP contribution < -0.4 is 4.74 Å². The molecule has 1 heterocycles. The number of hydrogen-bond acceptors (Lipinski definition) is 3. The quantitative estimate of drug-likeness (QED) is 0.508. The van der Waals surface area contributed by atoms with Gasteiger partial charge in [0.2, 0.25) is 0 Å². The van der Waals surface area contributed by atoms with Gasteiger partial charge in [-0.05, 0) is 77.3 Å². The zero-order valence-electron chi connectivity index (χ0n) is 15.7. The highest BCUT2D eigenvalue weighted by atomic mass is 32.1. The zero-order valence-corrected chi connectivity index (χ0v) is 16.5. The molecule has 2 aromatic carbocycles. The van der Waals surface area contributed by atoms with E-state index in [0.717, 1.165) is 41.6 Å². The molecule has 0 atom stereocenters. The van der Waals surface area contributed by atoms with Gasteiger partial charge in [-0.1, -0.05) is 26.8 Å². The molecule has 0 aliphatic heterocycles. The fraction of sp³-hybridized carbons (Fsp3) is 0.318. The van der Waals surface area contributed by atoms with E-state index in [-0.39, 0.29) is 11.6 Å². The zero-order chi connectivity index (χ0) is 18.7. The van der Waals surface area contributed by atoms with E-state index >= 15 is 0 Å². The fourth-order valence-corrected chi connectivity index (χ4v) is 4.22. The minimum Gasteiger partial charge on any atom is -0.494 e. The Morgan fingerprint density at radius 3 is 2.19 bits per heavy atom. The molecule has 0 aliphatic rings. The third kappa shape index (κ3) is 3.38. The second-order valence-electron chi connectivity index (χ2n) is 6.26. The molecule has 0 saturated carbocycles. The molecule has 136 valence electrons. The van der Waals surface area contributed by atoms with Crippen molar-refractivity contribution in [1.29, 1.82) is 0 Å². The Hall–Kier alpha value is -2.20. The molecule has 2 nitrogen and oxygen atoms in total. The van der Waals surface area contributed by atoms with Crippen LogP contribution in [0.3, 0.4) is 0 Å². The summed E-state index contributed by atoms with van der Waals surface area (Å²) in [5, 5.41) is 1.99. The van der Waals surface area contributed by atoms with Gasteiger partial charge in [0.1, 0.15) is 0 Å². The van der Waals surface area contributed by atoms with Crippen molar-refractivity contribution in [2.75, 3.05) is 7.11 Å². The van der Waals surface area contributed by atoms with Crippen molar-refractivity contribution in [3.63, 3.8) is 0 Å². The number of aryl methyl sites for hydroxylation is 2. The van der Waals surface area contributed by atoms with Crippen molar-refractivity contribution >= 4 is 11.5 Å². The van der Waals surface area contributed by atoms with Crippen LogP contribution >= 0.6 is 11.5 Å². The molecule has 0 unspecified atom stereocenters. The molecular formula is C22H24FNOS. The number of ether oxygens (including phenoxy) is 1. The molecule has 0 N–H and O–H groups in total. The number of halogens is 1. The Morgan fingerprint density at radius 1 is 0.962 bits per heavy atom. The summed E-state index contributed by atoms with van der Waals surface area (Å²) in [6.07, 6.45) is 3.04. The van der Waals surface area contributed by atoms with Crippen LogP contribution in [0, 0.1) is 5.82 Å². The molecule has 0 bridgehead atoms. The van der Waals surface area contributed by atoms with Crippen molar-refractivity contribution < 1.29 is 9.13 Å². The second kappa shape index (κ2) is 8.00. The summed E-state index contributed by atoms with van der Waals surface area (Å²) in [5.74, 6) is -0.0979. The molecule has 1 aromatic heterocycles. The highest BCUT2D eigenvalue weighted by Gasteiger charge is 2.16. The Morgan fingerprint density at radius 2 is 1.65 bits per heavy atom. The van der Waals surface area contributed by atoms with Gasteiger partial charge in [-0.25, -0.2) is 4.39 Å². The van der Waals surface area contributed by atoms with Gasteiger partial charge in [0, 0.05) is 16.5 Å². The largest absolute Gasteiger partial charge is 0.494 e. The minimum atomic E-state index is -0.355. The van der Waals surface area contributed by atoms with Crippen LogP contribution in [0.15, 0.2) is 35.7 Å². The molecule has 0 amide bonds. The van der Waals surface area contributed by atoms with E-state index in [2.05, 4.69) is 37.3 Å². The summed E-state index contributed by atoms with van der Waals surface area (Å²) in [5.41, 5.74) is 8.03. The van der Waals surface area contributed by atoms with Gasteiger partial charge in [0.15, 0.2) is 11.6 Å². The Labute approximate surface area is 158 Å². The molecule has 0 spiro atoms. The summed E-state index contributed by atoms with van der Waals surface area (Å²) in [7, 11) is 1.48. The predicted octanol–water partition coefficient (Wildman–Crippen LogP) is 6.31. The van der Waals surface area contributed by atoms with E-state index in [9.17, 15) is 4.39 Å². The first-order chi connectivity index (χ1) is 12.6. The van der Waals surface area contributed by atoms with Crippen LogP contribution in [0.2, 0.25) is 0 Å². The van der Waals surface area contributed by atoms with E-state index in [0.29, 0.717) is 0 Å². The Bertz CT molecular complexity index is 891. The number of methoxy groups -OCH3 is 1. The highest BCUT2D eigenvalue weighted by molar-refractivity contribution is 7.04. The van der Waals surface area contributed by atoms with Gasteiger partial charge in [-0.2, -0.15) is 4.37 Å². The monoisotopic (exact) mass is 369 g/mol. The maximum absolute atomic E-state index is 14.2. The lowest BCUT2D eigenvalue weighted by molar-refractivity contribution is 0.386. The van der Waals surface area contributed by atoms with E-state index in [1.807, 2.05) is 11.4 Å². The van der Waals surface area contributed by atoms with E-state index in [4.69, 9.17) is 4.74 Å². The molecule has 0 radical (unpaired) electrons. The summed E-state index contributed by atoms with van der Waals surface area (Å²) in [4.78, 5) is 0. The topological polar surface area (TPSA) is 22.1 Å². The number of aromatic nitrogens is 1. The lowest BCUT2D eigenvalue weighted by Gasteiger charge is -2.15. The predicted molar refractivity (Wildman–Crippen MR) is 108 cm³/mol. The molecule has 4 heteroatoms. The van der Waals surface area contributed by atoms with Crippen molar-refractivity contribution in [2.24, 2.45) is 0 Å². The summed E-state index contributed by atoms with van der Waals surface area (Å²) < 4.78 is 23.8. The number of rotatable bonds is 6. The van der Waals surface area contributed by atoms with Gasteiger partial charge in [0.05, 0.1) is 12.8 Å². The normalized spacial score (nSPS) is 11.0. The maximum Gasteiger partial charge on any atom is 0.165 e. The maximum atomic E-state index is 14.2. The van der Waals surface area contributed by atoms with Crippen LogP contribution in [0.5, 0.6) is 5.75 Å². The SMILES string of the molecule is CCc1cc(-c2nscc2-c2ccc(OC)c(F)c2)cc(CC)c1CC. The number of hydrogen-bond donors (Lipinski definition) is 0. The molecule has 0 saturated heterocycles. The van der Waals surface area contributed by atoms with Crippen molar-refractivity contribution in [2.45, 2.75) is 40.0 Å². The van der Waals surface area contributed by atoms with E-state index in [1.165, 1.54) is 41.4 Å². The molecule has 0 fully saturated rings. The van der Waals surface area contributed by atoms with Crippen molar-refractivity contribution in [1.82, 2.24) is 4.37 Å². The van der Waals surface area contributed by atoms with Crippen LogP contribution in [0.25, 0.3) is 22.4 Å². The average Bonchev–Trinajstić information content (AvgIpc) is 3.16. The lowest BCUT2D eigenvalue weighted by Crippen LogP contribution is -1.99. The molecule has 26 heavy (non-hydrogen) atoms. The fourth-order valence-electron chi connectivity index (χ4n) is 3.50. The number of nitrogens with zero attached hydrogens (tertiary/aromatic N) is 1. The van der Waals surface area contributed by atoms with Crippen LogP contribution in [-0.4, -0.2) is 11.5 Å². The van der Waals surface area contributed by atoms with Crippen LogP contribution in [0.1, 0.15) is 37.5 Å². The minimum absolute atomic E-state index is 0.257. The molecule has 0 aliphatic carbocycles. The summed E-state index contributed by atoms with van der Waals surface area (Å²) in [6.45, 7) is 6.60. The van der Waals surface area contributed by atoms with Crippen LogP contribution in [-0.2, 0) is 19.3 Å². The first-order valence-corrected chi connectivity index (χ1v) is 9.89. The van der Waals surface area contributed by atoms with Gasteiger partial charge in [0.25, 0.3) is 0 Å². The molecular weight excluding hydrogens is 345 g/mol. The molecule has 3 aromatic rings. The van der Waals surface area contributed by atoms with Gasteiger partial charge in [-0.15, -0.1) is 0 Å². The summed E-state index contributed by atoms with van der Waals surface area (Å²) >= 11 is 1.40. The lowest BCUT2D eigenvalue weighted by atomic mass is 9.90. The Kier molecular flexibility index (Phi) is 5.72. The van der Waals surface area contributed by atoms with Gasteiger partial charge >= 0.3 is 0 Å². The van der Waals surface area contributed by atoms with Gasteiger partial charge in [-0.3, -0.25) is 0 Å². The standard InChI is InChI=1S/C22H24FNOS/c1-5-14-10-17(11-15(6-2)18(14)7-3)22-19(13-26-24-22)16-8-9-21(25-4)20(23)12-16/h8-13H,5-7H2,1-4H3. The average molecular weight is 370 g/mol.